The van der Waals surface area contributed by atoms with Crippen molar-refractivity contribution in [3.63, 3.8) is 0 Å². The van der Waals surface area contributed by atoms with Gasteiger partial charge in [-0.25, -0.2) is 9.97 Å². The Morgan fingerprint density at radius 3 is 2.53 bits per heavy atom. The fourth-order valence-electron chi connectivity index (χ4n) is 2.09. The summed E-state index contributed by atoms with van der Waals surface area (Å²) in [5.74, 6) is 1.74. The Kier molecular flexibility index (Phi) is 2.92. The van der Waals surface area contributed by atoms with Crippen LogP contribution in [0.4, 0.5) is 5.82 Å². The van der Waals surface area contributed by atoms with Gasteiger partial charge in [0.25, 0.3) is 0 Å². The van der Waals surface area contributed by atoms with E-state index in [-0.39, 0.29) is 0 Å². The molecule has 0 saturated carbocycles. The van der Waals surface area contributed by atoms with Crippen molar-refractivity contribution < 1.29 is 0 Å². The molecule has 92 valence electrons. The Hall–Kier alpha value is -1.78. The SMILES string of the molecule is CCc1nc(-c2cncn2C)c(N)n1C(C)C. The van der Waals surface area contributed by atoms with Gasteiger partial charge in [-0.15, -0.1) is 0 Å². The molecule has 0 aromatic carbocycles. The first-order valence-corrected chi connectivity index (χ1v) is 5.89. The summed E-state index contributed by atoms with van der Waals surface area (Å²) in [6, 6.07) is 0.319. The second-order valence-electron chi connectivity index (χ2n) is 4.47. The van der Waals surface area contributed by atoms with E-state index >= 15 is 0 Å². The first-order valence-electron chi connectivity index (χ1n) is 5.89. The summed E-state index contributed by atoms with van der Waals surface area (Å²) in [5, 5.41) is 0. The van der Waals surface area contributed by atoms with Gasteiger partial charge in [-0.1, -0.05) is 6.92 Å². The van der Waals surface area contributed by atoms with Crippen LogP contribution in [-0.2, 0) is 13.5 Å². The third kappa shape index (κ3) is 1.81. The van der Waals surface area contributed by atoms with Crippen molar-refractivity contribution in [1.82, 2.24) is 19.1 Å². The number of anilines is 1. The van der Waals surface area contributed by atoms with Crippen molar-refractivity contribution in [2.45, 2.75) is 33.2 Å². The van der Waals surface area contributed by atoms with Crippen molar-refractivity contribution >= 4 is 5.82 Å². The number of hydrogen-bond acceptors (Lipinski definition) is 3. The average Bonchev–Trinajstić information content (AvgIpc) is 2.81. The van der Waals surface area contributed by atoms with Gasteiger partial charge >= 0.3 is 0 Å². The third-order valence-electron chi connectivity index (χ3n) is 2.91. The fraction of sp³-hybridized carbons (Fsp3) is 0.500. The van der Waals surface area contributed by atoms with E-state index in [2.05, 4.69) is 35.3 Å². The first kappa shape index (κ1) is 11.7. The molecule has 0 amide bonds. The summed E-state index contributed by atoms with van der Waals surface area (Å²) in [7, 11) is 1.95. The standard InChI is InChI=1S/C12H19N5/c1-5-10-15-11(9-6-14-7-16(9)4)12(13)17(10)8(2)3/h6-8H,5,13H2,1-4H3. The Morgan fingerprint density at radius 2 is 2.12 bits per heavy atom. The van der Waals surface area contributed by atoms with E-state index < -0.39 is 0 Å². The molecule has 0 aliphatic heterocycles. The quantitative estimate of drug-likeness (QED) is 0.882. The number of nitrogens with two attached hydrogens (primary N) is 1. The minimum atomic E-state index is 0.319. The normalized spacial score (nSPS) is 11.4. The summed E-state index contributed by atoms with van der Waals surface area (Å²) in [5.41, 5.74) is 7.98. The zero-order valence-corrected chi connectivity index (χ0v) is 10.8. The molecule has 0 atom stereocenters. The highest BCUT2D eigenvalue weighted by Gasteiger charge is 2.18. The van der Waals surface area contributed by atoms with E-state index in [1.807, 2.05) is 11.6 Å². The second kappa shape index (κ2) is 4.24. The zero-order chi connectivity index (χ0) is 12.6. The number of imidazole rings is 2. The van der Waals surface area contributed by atoms with Gasteiger partial charge in [0.2, 0.25) is 0 Å². The third-order valence-corrected chi connectivity index (χ3v) is 2.91. The highest BCUT2D eigenvalue weighted by atomic mass is 15.2. The van der Waals surface area contributed by atoms with Crippen molar-refractivity contribution in [3.8, 4) is 11.4 Å². The van der Waals surface area contributed by atoms with Gasteiger partial charge in [-0.3, -0.25) is 0 Å². The Bertz CT molecular complexity index is 521. The molecule has 0 aliphatic rings. The highest BCUT2D eigenvalue weighted by Crippen LogP contribution is 2.28. The molecule has 0 bridgehead atoms. The highest BCUT2D eigenvalue weighted by molar-refractivity contribution is 5.68. The lowest BCUT2D eigenvalue weighted by Crippen LogP contribution is -2.09. The maximum absolute atomic E-state index is 6.20. The molecule has 2 rings (SSSR count). The summed E-state index contributed by atoms with van der Waals surface area (Å²) >= 11 is 0. The Morgan fingerprint density at radius 1 is 1.41 bits per heavy atom. The average molecular weight is 233 g/mol. The summed E-state index contributed by atoms with van der Waals surface area (Å²) in [6.45, 7) is 6.32. The van der Waals surface area contributed by atoms with Crippen molar-refractivity contribution in [3.05, 3.63) is 18.3 Å². The number of nitrogen functional groups attached to an aromatic ring is 1. The maximum atomic E-state index is 6.20. The second-order valence-corrected chi connectivity index (χ2v) is 4.47. The first-order chi connectivity index (χ1) is 8.06. The van der Waals surface area contributed by atoms with Crippen LogP contribution in [0.1, 0.15) is 32.6 Å². The Balaban J connectivity index is 2.61. The molecule has 0 unspecified atom stereocenters. The fourth-order valence-corrected chi connectivity index (χ4v) is 2.09. The monoisotopic (exact) mass is 233 g/mol. The topological polar surface area (TPSA) is 61.7 Å². The van der Waals surface area contributed by atoms with E-state index in [4.69, 9.17) is 5.73 Å². The number of rotatable bonds is 3. The van der Waals surface area contributed by atoms with Crippen molar-refractivity contribution in [2.24, 2.45) is 7.05 Å². The van der Waals surface area contributed by atoms with Gasteiger partial charge < -0.3 is 14.9 Å². The minimum absolute atomic E-state index is 0.319. The van der Waals surface area contributed by atoms with Gasteiger partial charge in [0, 0.05) is 19.5 Å². The van der Waals surface area contributed by atoms with Crippen LogP contribution in [-0.4, -0.2) is 19.1 Å². The molecule has 2 aromatic heterocycles. The van der Waals surface area contributed by atoms with E-state index in [9.17, 15) is 0 Å². The van der Waals surface area contributed by atoms with Crippen molar-refractivity contribution in [2.75, 3.05) is 5.73 Å². The lowest BCUT2D eigenvalue weighted by atomic mass is 10.3. The van der Waals surface area contributed by atoms with Crippen LogP contribution in [0, 0.1) is 0 Å². The number of aryl methyl sites for hydroxylation is 2. The predicted molar refractivity (Wildman–Crippen MR) is 68.6 cm³/mol. The molecule has 2 N–H and O–H groups in total. The van der Waals surface area contributed by atoms with Crippen LogP contribution in [0.3, 0.4) is 0 Å². The van der Waals surface area contributed by atoms with Gasteiger partial charge in [-0.05, 0) is 13.8 Å². The van der Waals surface area contributed by atoms with Crippen LogP contribution in [0.15, 0.2) is 12.5 Å². The molecule has 5 heteroatoms. The number of hydrogen-bond donors (Lipinski definition) is 1. The minimum Gasteiger partial charge on any atom is -0.383 e. The predicted octanol–water partition coefficient (Wildman–Crippen LogP) is 2.01. The molecule has 5 nitrogen and oxygen atoms in total. The molecule has 17 heavy (non-hydrogen) atoms. The van der Waals surface area contributed by atoms with E-state index in [1.165, 1.54) is 0 Å². The molecule has 0 aliphatic carbocycles. The molecule has 2 aromatic rings. The number of aromatic nitrogens is 4. The van der Waals surface area contributed by atoms with Crippen LogP contribution in [0.5, 0.6) is 0 Å². The van der Waals surface area contributed by atoms with E-state index in [0.717, 1.165) is 29.5 Å². The molecular formula is C12H19N5. The van der Waals surface area contributed by atoms with Gasteiger partial charge in [0.05, 0.1) is 18.2 Å². The summed E-state index contributed by atoms with van der Waals surface area (Å²) < 4.78 is 4.02. The molecule has 0 radical (unpaired) electrons. The Labute approximate surface area is 101 Å². The van der Waals surface area contributed by atoms with Crippen molar-refractivity contribution in [1.29, 1.82) is 0 Å². The lowest BCUT2D eigenvalue weighted by molar-refractivity contribution is 0.579. The zero-order valence-electron chi connectivity index (χ0n) is 10.8. The van der Waals surface area contributed by atoms with E-state index in [0.29, 0.717) is 6.04 Å². The molecule has 0 spiro atoms. The molecule has 0 fully saturated rings. The smallest absolute Gasteiger partial charge is 0.133 e. The van der Waals surface area contributed by atoms with Crippen LogP contribution < -0.4 is 5.73 Å². The van der Waals surface area contributed by atoms with E-state index in [1.54, 1.807) is 12.5 Å². The van der Waals surface area contributed by atoms with Crippen LogP contribution in [0.2, 0.25) is 0 Å². The maximum Gasteiger partial charge on any atom is 0.133 e. The van der Waals surface area contributed by atoms with Gasteiger partial charge in [0.1, 0.15) is 17.3 Å². The van der Waals surface area contributed by atoms with Gasteiger partial charge in [0.15, 0.2) is 0 Å². The molecule has 2 heterocycles. The number of nitrogens with zero attached hydrogens (tertiary/aromatic N) is 4. The van der Waals surface area contributed by atoms with Crippen LogP contribution >= 0.6 is 0 Å². The molecular weight excluding hydrogens is 214 g/mol. The molecule has 0 saturated heterocycles. The summed E-state index contributed by atoms with van der Waals surface area (Å²) in [4.78, 5) is 8.74. The van der Waals surface area contributed by atoms with Gasteiger partial charge in [-0.2, -0.15) is 0 Å². The largest absolute Gasteiger partial charge is 0.383 e. The van der Waals surface area contributed by atoms with Crippen LogP contribution in [0.25, 0.3) is 11.4 Å². The summed E-state index contributed by atoms with van der Waals surface area (Å²) in [6.07, 6.45) is 4.43. The lowest BCUT2D eigenvalue weighted by Gasteiger charge is -2.12.